The van der Waals surface area contributed by atoms with Crippen molar-refractivity contribution in [3.63, 3.8) is 0 Å². The van der Waals surface area contributed by atoms with E-state index >= 15 is 0 Å². The lowest BCUT2D eigenvalue weighted by Gasteiger charge is -2.03. The highest BCUT2D eigenvalue weighted by molar-refractivity contribution is 6.35. The molecule has 1 aromatic heterocycles. The molecule has 1 aliphatic rings. The van der Waals surface area contributed by atoms with E-state index in [-0.39, 0.29) is 5.91 Å². The zero-order chi connectivity index (χ0) is 17.1. The minimum absolute atomic E-state index is 0.188. The monoisotopic (exact) mass is 322 g/mol. The summed E-state index contributed by atoms with van der Waals surface area (Å²) in [5, 5.41) is 12.5. The van der Waals surface area contributed by atoms with Gasteiger partial charge in [-0.25, -0.2) is 0 Å². The molecule has 2 aromatic rings. The lowest BCUT2D eigenvalue weighted by atomic mass is 9.99. The Morgan fingerprint density at radius 2 is 2.21 bits per heavy atom. The number of ether oxygens (including phenoxy) is 1. The second-order valence-corrected chi connectivity index (χ2v) is 5.39. The van der Waals surface area contributed by atoms with Crippen molar-refractivity contribution in [2.45, 2.75) is 19.4 Å². The van der Waals surface area contributed by atoms with Crippen LogP contribution in [0.1, 0.15) is 30.2 Å². The number of carbonyl (C=O) groups excluding carboxylic acids is 1. The fraction of sp³-hybridized carbons (Fsp3) is 0.211. The molecular formula is C19H18N2O3. The van der Waals surface area contributed by atoms with Gasteiger partial charge in [-0.05, 0) is 30.7 Å². The lowest BCUT2D eigenvalue weighted by molar-refractivity contribution is -0.110. The molecule has 0 saturated heterocycles. The number of nitrogens with one attached hydrogen (secondary N) is 2. The summed E-state index contributed by atoms with van der Waals surface area (Å²) in [6, 6.07) is 7.30. The number of aromatic amines is 1. The van der Waals surface area contributed by atoms with Gasteiger partial charge in [-0.1, -0.05) is 24.8 Å². The zero-order valence-electron chi connectivity index (χ0n) is 13.5. The molecule has 1 atom stereocenters. The van der Waals surface area contributed by atoms with Crippen molar-refractivity contribution < 1.29 is 14.6 Å². The van der Waals surface area contributed by atoms with Crippen molar-refractivity contribution >= 4 is 23.2 Å². The van der Waals surface area contributed by atoms with Crippen LogP contribution in [0.4, 0.5) is 5.69 Å². The fourth-order valence-electron chi connectivity index (χ4n) is 2.56. The SMILES string of the molecule is CC[C@@H](O)C#Cc1cccc2c1/C(=C/c1[nH]ccc1OC)C(=O)N2. The van der Waals surface area contributed by atoms with Crippen molar-refractivity contribution in [2.24, 2.45) is 0 Å². The molecular weight excluding hydrogens is 304 g/mol. The van der Waals surface area contributed by atoms with Gasteiger partial charge in [0.05, 0.1) is 24.1 Å². The number of amides is 1. The number of benzene rings is 1. The van der Waals surface area contributed by atoms with E-state index in [1.807, 2.05) is 25.1 Å². The molecule has 3 rings (SSSR count). The third-order valence-electron chi connectivity index (χ3n) is 3.83. The number of hydrogen-bond acceptors (Lipinski definition) is 3. The first-order valence-corrected chi connectivity index (χ1v) is 7.71. The van der Waals surface area contributed by atoms with E-state index in [2.05, 4.69) is 22.1 Å². The van der Waals surface area contributed by atoms with Crippen LogP contribution in [0.15, 0.2) is 30.5 Å². The second kappa shape index (κ2) is 6.65. The minimum Gasteiger partial charge on any atom is -0.495 e. The van der Waals surface area contributed by atoms with Gasteiger partial charge in [0.1, 0.15) is 11.9 Å². The number of anilines is 1. The summed E-state index contributed by atoms with van der Waals surface area (Å²) in [4.78, 5) is 15.4. The number of aromatic nitrogens is 1. The molecule has 0 saturated carbocycles. The number of fused-ring (bicyclic) bond motifs is 1. The molecule has 2 heterocycles. The highest BCUT2D eigenvalue weighted by Crippen LogP contribution is 2.36. The molecule has 1 aromatic carbocycles. The Bertz CT molecular complexity index is 868. The van der Waals surface area contributed by atoms with Crippen LogP contribution in [0.3, 0.4) is 0 Å². The van der Waals surface area contributed by atoms with Crippen LogP contribution in [0, 0.1) is 11.8 Å². The molecule has 0 bridgehead atoms. The van der Waals surface area contributed by atoms with Crippen molar-refractivity contribution in [3.05, 3.63) is 47.3 Å². The largest absolute Gasteiger partial charge is 0.495 e. The number of hydrogen-bond donors (Lipinski definition) is 3. The number of carbonyl (C=O) groups is 1. The summed E-state index contributed by atoms with van der Waals surface area (Å²) >= 11 is 0. The van der Waals surface area contributed by atoms with Gasteiger partial charge in [-0.2, -0.15) is 0 Å². The Morgan fingerprint density at radius 3 is 2.96 bits per heavy atom. The van der Waals surface area contributed by atoms with Crippen LogP contribution in [0.2, 0.25) is 0 Å². The van der Waals surface area contributed by atoms with Gasteiger partial charge >= 0.3 is 0 Å². The Labute approximate surface area is 140 Å². The molecule has 0 radical (unpaired) electrons. The Balaban J connectivity index is 2.10. The minimum atomic E-state index is -0.679. The number of aliphatic hydroxyl groups is 1. The quantitative estimate of drug-likeness (QED) is 0.601. The highest BCUT2D eigenvalue weighted by atomic mass is 16.5. The van der Waals surface area contributed by atoms with Gasteiger partial charge in [0.15, 0.2) is 0 Å². The van der Waals surface area contributed by atoms with Crippen LogP contribution in [0.5, 0.6) is 5.75 Å². The van der Waals surface area contributed by atoms with E-state index in [0.29, 0.717) is 29.0 Å². The van der Waals surface area contributed by atoms with Crippen LogP contribution < -0.4 is 10.1 Å². The molecule has 1 amide bonds. The van der Waals surface area contributed by atoms with Gasteiger partial charge in [0, 0.05) is 17.3 Å². The summed E-state index contributed by atoms with van der Waals surface area (Å²) in [7, 11) is 1.58. The Morgan fingerprint density at radius 1 is 1.38 bits per heavy atom. The maximum atomic E-state index is 12.4. The van der Waals surface area contributed by atoms with Gasteiger partial charge in [-0.3, -0.25) is 4.79 Å². The number of methoxy groups -OCH3 is 1. The van der Waals surface area contributed by atoms with Gasteiger partial charge < -0.3 is 20.1 Å². The standard InChI is InChI=1S/C19H18N2O3/c1-3-13(22)8-7-12-5-4-6-15-18(12)14(19(23)21-15)11-16-17(24-2)9-10-20-16/h4-6,9-11,13,20,22H,3H2,1-2H3,(H,21,23)/b14-11-/t13-/m1/s1. The molecule has 5 nitrogen and oxygen atoms in total. The van der Waals surface area contributed by atoms with Gasteiger partial charge in [-0.15, -0.1) is 0 Å². The molecule has 5 heteroatoms. The summed E-state index contributed by atoms with van der Waals surface area (Å²) < 4.78 is 5.27. The molecule has 1 aliphatic heterocycles. The highest BCUT2D eigenvalue weighted by Gasteiger charge is 2.26. The van der Waals surface area contributed by atoms with E-state index in [0.717, 1.165) is 11.3 Å². The van der Waals surface area contributed by atoms with Crippen LogP contribution in [-0.2, 0) is 4.79 Å². The van der Waals surface area contributed by atoms with E-state index in [9.17, 15) is 9.90 Å². The summed E-state index contributed by atoms with van der Waals surface area (Å²) in [5.41, 5.74) is 3.40. The predicted molar refractivity (Wildman–Crippen MR) is 93.5 cm³/mol. The third-order valence-corrected chi connectivity index (χ3v) is 3.83. The summed E-state index contributed by atoms with van der Waals surface area (Å²) in [5.74, 6) is 6.25. The predicted octanol–water partition coefficient (Wildman–Crippen LogP) is 2.64. The van der Waals surface area contributed by atoms with Crippen LogP contribution in [-0.4, -0.2) is 29.2 Å². The lowest BCUT2D eigenvalue weighted by Crippen LogP contribution is -2.03. The molecule has 0 unspecified atom stereocenters. The van der Waals surface area contributed by atoms with Crippen LogP contribution in [0.25, 0.3) is 11.6 Å². The third kappa shape index (κ3) is 2.92. The Kier molecular flexibility index (Phi) is 4.41. The normalized spacial score (nSPS) is 15.5. The number of aliphatic hydroxyl groups excluding tert-OH is 1. The van der Waals surface area contributed by atoms with Crippen molar-refractivity contribution in [1.82, 2.24) is 4.98 Å². The average Bonchev–Trinajstić information content (AvgIpc) is 3.17. The topological polar surface area (TPSA) is 74.3 Å². The molecule has 3 N–H and O–H groups in total. The van der Waals surface area contributed by atoms with Crippen molar-refractivity contribution in [2.75, 3.05) is 12.4 Å². The first-order chi connectivity index (χ1) is 11.6. The first kappa shape index (κ1) is 15.9. The summed E-state index contributed by atoms with van der Waals surface area (Å²) in [6.07, 6.45) is 3.38. The van der Waals surface area contributed by atoms with E-state index < -0.39 is 6.10 Å². The van der Waals surface area contributed by atoms with E-state index in [1.54, 1.807) is 25.4 Å². The van der Waals surface area contributed by atoms with Crippen molar-refractivity contribution in [1.29, 1.82) is 0 Å². The first-order valence-electron chi connectivity index (χ1n) is 7.71. The maximum Gasteiger partial charge on any atom is 0.256 e. The number of H-pyrrole nitrogens is 1. The van der Waals surface area contributed by atoms with Gasteiger partial charge in [0.25, 0.3) is 5.91 Å². The maximum absolute atomic E-state index is 12.4. The average molecular weight is 322 g/mol. The molecule has 24 heavy (non-hydrogen) atoms. The fourth-order valence-corrected chi connectivity index (χ4v) is 2.56. The van der Waals surface area contributed by atoms with E-state index in [4.69, 9.17) is 4.74 Å². The molecule has 0 fully saturated rings. The van der Waals surface area contributed by atoms with E-state index in [1.165, 1.54) is 0 Å². The second-order valence-electron chi connectivity index (χ2n) is 5.39. The molecule has 0 aliphatic carbocycles. The van der Waals surface area contributed by atoms with Crippen molar-refractivity contribution in [3.8, 4) is 17.6 Å². The molecule has 122 valence electrons. The number of rotatable bonds is 3. The Hall–Kier alpha value is -2.97. The smallest absolute Gasteiger partial charge is 0.256 e. The summed E-state index contributed by atoms with van der Waals surface area (Å²) in [6.45, 7) is 1.86. The zero-order valence-corrected chi connectivity index (χ0v) is 13.5. The molecule has 0 spiro atoms. The van der Waals surface area contributed by atoms with Gasteiger partial charge in [0.2, 0.25) is 0 Å². The van der Waals surface area contributed by atoms with Crippen LogP contribution >= 0.6 is 0 Å².